The standard InChI is InChI=1S/C14H21NO/c1-9(2)8-15-14-4-3-11-12(7-14)10(6-14)5-13(11)16/h3,10,12-13,15-16H,1,4-8H2,2H3. The van der Waals surface area contributed by atoms with Gasteiger partial charge < -0.3 is 10.4 Å². The molecule has 3 aliphatic carbocycles. The summed E-state index contributed by atoms with van der Waals surface area (Å²) < 4.78 is 0. The van der Waals surface area contributed by atoms with E-state index in [4.69, 9.17) is 0 Å². The molecule has 3 aliphatic rings. The molecule has 0 aromatic carbocycles. The van der Waals surface area contributed by atoms with Crippen LogP contribution in [0.25, 0.3) is 0 Å². The summed E-state index contributed by atoms with van der Waals surface area (Å²) in [5.74, 6) is 1.39. The molecule has 2 N–H and O–H groups in total. The predicted molar refractivity (Wildman–Crippen MR) is 65.1 cm³/mol. The van der Waals surface area contributed by atoms with Crippen LogP contribution in [-0.4, -0.2) is 23.3 Å². The van der Waals surface area contributed by atoms with Crippen LogP contribution in [-0.2, 0) is 0 Å². The number of fused-ring (bicyclic) bond motifs is 1. The summed E-state index contributed by atoms with van der Waals surface area (Å²) in [6.07, 6.45) is 6.73. The van der Waals surface area contributed by atoms with Gasteiger partial charge in [-0.1, -0.05) is 18.2 Å². The van der Waals surface area contributed by atoms with Crippen molar-refractivity contribution in [3.63, 3.8) is 0 Å². The number of hydrogen-bond donors (Lipinski definition) is 2. The molecule has 4 unspecified atom stereocenters. The lowest BCUT2D eigenvalue weighted by Crippen LogP contribution is -2.45. The van der Waals surface area contributed by atoms with E-state index < -0.39 is 0 Å². The van der Waals surface area contributed by atoms with E-state index in [1.54, 1.807) is 0 Å². The van der Waals surface area contributed by atoms with Crippen molar-refractivity contribution in [3.8, 4) is 0 Å². The lowest BCUT2D eigenvalue weighted by Gasteiger charge is -2.34. The van der Waals surface area contributed by atoms with Crippen molar-refractivity contribution in [1.29, 1.82) is 0 Å². The zero-order valence-electron chi connectivity index (χ0n) is 10.00. The predicted octanol–water partition coefficient (Wildman–Crippen LogP) is 2.01. The molecular formula is C14H21NO. The summed E-state index contributed by atoms with van der Waals surface area (Å²) >= 11 is 0. The Morgan fingerprint density at radius 1 is 1.62 bits per heavy atom. The van der Waals surface area contributed by atoms with Gasteiger partial charge >= 0.3 is 0 Å². The van der Waals surface area contributed by atoms with Crippen LogP contribution in [0.2, 0.25) is 0 Å². The van der Waals surface area contributed by atoms with Gasteiger partial charge in [-0.3, -0.25) is 0 Å². The van der Waals surface area contributed by atoms with Gasteiger partial charge in [0.15, 0.2) is 0 Å². The molecule has 4 atom stereocenters. The van der Waals surface area contributed by atoms with E-state index in [2.05, 4.69) is 24.9 Å². The van der Waals surface area contributed by atoms with E-state index in [1.165, 1.54) is 24.0 Å². The first-order valence-corrected chi connectivity index (χ1v) is 6.37. The molecule has 0 radical (unpaired) electrons. The summed E-state index contributed by atoms with van der Waals surface area (Å²) in [6.45, 7) is 6.97. The number of rotatable bonds is 3. The lowest BCUT2D eigenvalue weighted by molar-refractivity contribution is 0.190. The van der Waals surface area contributed by atoms with Crippen molar-refractivity contribution in [2.75, 3.05) is 6.54 Å². The molecule has 0 amide bonds. The zero-order valence-corrected chi connectivity index (χ0v) is 10.00. The fraction of sp³-hybridized carbons (Fsp3) is 0.714. The van der Waals surface area contributed by atoms with Gasteiger partial charge in [0, 0.05) is 12.1 Å². The van der Waals surface area contributed by atoms with E-state index in [-0.39, 0.29) is 6.10 Å². The molecule has 2 heteroatoms. The molecule has 0 aromatic heterocycles. The van der Waals surface area contributed by atoms with Crippen LogP contribution < -0.4 is 5.32 Å². The van der Waals surface area contributed by atoms with Crippen molar-refractivity contribution >= 4 is 0 Å². The van der Waals surface area contributed by atoms with Crippen molar-refractivity contribution in [2.45, 2.75) is 44.2 Å². The zero-order chi connectivity index (χ0) is 11.3. The summed E-state index contributed by atoms with van der Waals surface area (Å²) in [6, 6.07) is 0. The monoisotopic (exact) mass is 219 g/mol. The summed E-state index contributed by atoms with van der Waals surface area (Å²) in [7, 11) is 0. The third-order valence-electron chi connectivity index (χ3n) is 4.67. The summed E-state index contributed by atoms with van der Waals surface area (Å²) in [5.41, 5.74) is 2.87. The van der Waals surface area contributed by atoms with E-state index >= 15 is 0 Å². The average molecular weight is 219 g/mol. The molecule has 0 spiro atoms. The smallest absolute Gasteiger partial charge is 0.0755 e. The Kier molecular flexibility index (Phi) is 2.27. The molecule has 0 aliphatic heterocycles. The van der Waals surface area contributed by atoms with Crippen molar-refractivity contribution in [3.05, 3.63) is 23.8 Å². The Bertz CT molecular complexity index is 360. The Morgan fingerprint density at radius 2 is 2.44 bits per heavy atom. The van der Waals surface area contributed by atoms with Crippen LogP contribution in [0.1, 0.15) is 32.6 Å². The van der Waals surface area contributed by atoms with Crippen LogP contribution in [0.4, 0.5) is 0 Å². The SMILES string of the molecule is C=C(C)CNC12CC=C3C(O)CC(C1)C3C2. The van der Waals surface area contributed by atoms with Crippen LogP contribution in [0.5, 0.6) is 0 Å². The molecule has 2 bridgehead atoms. The van der Waals surface area contributed by atoms with Gasteiger partial charge in [0.2, 0.25) is 0 Å². The number of hydrogen-bond acceptors (Lipinski definition) is 2. The summed E-state index contributed by atoms with van der Waals surface area (Å²) in [4.78, 5) is 0. The number of aliphatic hydroxyl groups is 1. The molecule has 0 heterocycles. The molecule has 16 heavy (non-hydrogen) atoms. The van der Waals surface area contributed by atoms with Gasteiger partial charge in [0.1, 0.15) is 0 Å². The quantitative estimate of drug-likeness (QED) is 0.712. The second kappa shape index (κ2) is 3.44. The minimum atomic E-state index is -0.130. The highest BCUT2D eigenvalue weighted by Crippen LogP contribution is 2.55. The molecule has 2 fully saturated rings. The third-order valence-corrected chi connectivity index (χ3v) is 4.67. The van der Waals surface area contributed by atoms with Gasteiger partial charge in [-0.25, -0.2) is 0 Å². The first-order chi connectivity index (χ1) is 7.60. The Balaban J connectivity index is 1.78. The Hall–Kier alpha value is -0.600. The minimum Gasteiger partial charge on any atom is -0.389 e. The van der Waals surface area contributed by atoms with Gasteiger partial charge in [0.25, 0.3) is 0 Å². The van der Waals surface area contributed by atoms with E-state index in [9.17, 15) is 5.11 Å². The fourth-order valence-electron chi connectivity index (χ4n) is 3.94. The van der Waals surface area contributed by atoms with Gasteiger partial charge in [-0.2, -0.15) is 0 Å². The van der Waals surface area contributed by atoms with E-state index in [0.717, 1.165) is 25.3 Å². The molecular weight excluding hydrogens is 198 g/mol. The van der Waals surface area contributed by atoms with Crippen LogP contribution >= 0.6 is 0 Å². The maximum absolute atomic E-state index is 9.92. The highest BCUT2D eigenvalue weighted by Gasteiger charge is 2.53. The molecule has 2 nitrogen and oxygen atoms in total. The van der Waals surface area contributed by atoms with Gasteiger partial charge in [-0.15, -0.1) is 0 Å². The molecule has 0 saturated heterocycles. The van der Waals surface area contributed by atoms with Crippen LogP contribution in [0.15, 0.2) is 23.8 Å². The Morgan fingerprint density at radius 3 is 3.19 bits per heavy atom. The van der Waals surface area contributed by atoms with E-state index in [1.807, 2.05) is 0 Å². The van der Waals surface area contributed by atoms with Crippen molar-refractivity contribution < 1.29 is 5.11 Å². The Labute approximate surface area is 97.4 Å². The second-order valence-electron chi connectivity index (χ2n) is 6.03. The topological polar surface area (TPSA) is 32.3 Å². The third kappa shape index (κ3) is 1.47. The van der Waals surface area contributed by atoms with Gasteiger partial charge in [0.05, 0.1) is 6.10 Å². The highest BCUT2D eigenvalue weighted by atomic mass is 16.3. The average Bonchev–Trinajstić information content (AvgIpc) is 2.64. The minimum absolute atomic E-state index is 0.130. The van der Waals surface area contributed by atoms with Crippen molar-refractivity contribution in [2.24, 2.45) is 11.8 Å². The summed E-state index contributed by atoms with van der Waals surface area (Å²) in [5, 5.41) is 13.6. The van der Waals surface area contributed by atoms with Crippen molar-refractivity contribution in [1.82, 2.24) is 5.32 Å². The first-order valence-electron chi connectivity index (χ1n) is 6.37. The number of aliphatic hydroxyl groups excluding tert-OH is 1. The number of nitrogens with one attached hydrogen (secondary N) is 1. The largest absolute Gasteiger partial charge is 0.389 e. The van der Waals surface area contributed by atoms with Gasteiger partial charge in [-0.05, 0) is 50.0 Å². The van der Waals surface area contributed by atoms with Crippen LogP contribution in [0, 0.1) is 11.8 Å². The molecule has 2 saturated carbocycles. The highest BCUT2D eigenvalue weighted by molar-refractivity contribution is 5.30. The molecule has 88 valence electrons. The second-order valence-corrected chi connectivity index (χ2v) is 6.03. The fourth-order valence-corrected chi connectivity index (χ4v) is 3.94. The lowest BCUT2D eigenvalue weighted by atomic mass is 9.82. The first kappa shape index (κ1) is 10.5. The molecule has 0 aromatic rings. The van der Waals surface area contributed by atoms with E-state index in [0.29, 0.717) is 11.5 Å². The maximum Gasteiger partial charge on any atom is 0.0755 e. The maximum atomic E-state index is 9.92. The normalized spacial score (nSPS) is 44.6. The molecule has 3 rings (SSSR count). The van der Waals surface area contributed by atoms with Crippen LogP contribution in [0.3, 0.4) is 0 Å².